The Bertz CT molecular complexity index is 3580. The van der Waals surface area contributed by atoms with Gasteiger partial charge in [-0.25, -0.2) is 0 Å². The molecule has 5 nitrogen and oxygen atoms in total. The summed E-state index contributed by atoms with van der Waals surface area (Å²) in [5, 5.41) is 5.80. The number of hydrogen-bond donors (Lipinski definition) is 0. The maximum Gasteiger partial charge on any atom is 0.297 e. The Hall–Kier alpha value is -7.44. The highest BCUT2D eigenvalue weighted by molar-refractivity contribution is 7.00. The molecule has 0 amide bonds. The molecule has 0 unspecified atom stereocenters. The Morgan fingerprint density at radius 1 is 0.456 bits per heavy atom. The van der Waals surface area contributed by atoms with Gasteiger partial charge in [0.1, 0.15) is 11.2 Å². The number of aromatic nitrogens is 1. The number of anilines is 6. The van der Waals surface area contributed by atoms with Crippen LogP contribution in [0.5, 0.6) is 0 Å². The van der Waals surface area contributed by atoms with E-state index in [1.807, 2.05) is 6.07 Å². The van der Waals surface area contributed by atoms with E-state index in [0.717, 1.165) is 61.2 Å². The molecule has 3 aliphatic heterocycles. The molecule has 0 saturated carbocycles. The van der Waals surface area contributed by atoms with Gasteiger partial charge in [-0.2, -0.15) is 0 Å². The molecule has 57 heavy (non-hydrogen) atoms. The van der Waals surface area contributed by atoms with Crippen LogP contribution in [0.2, 0.25) is 0 Å². The molecule has 8 aromatic carbocycles. The fraction of sp³-hybridized carbons (Fsp3) is 0.0196. The Morgan fingerprint density at radius 2 is 1.14 bits per heavy atom. The van der Waals surface area contributed by atoms with Gasteiger partial charge in [-0.05, 0) is 89.1 Å². The van der Waals surface area contributed by atoms with Crippen molar-refractivity contribution >= 4 is 112 Å². The minimum absolute atomic E-state index is 0.155. The zero-order chi connectivity index (χ0) is 37.1. The average molecular weight is 728 g/mol. The van der Waals surface area contributed by atoms with Crippen molar-refractivity contribution in [3.8, 4) is 16.8 Å². The third kappa shape index (κ3) is 3.66. The number of fused-ring (bicyclic) bond motifs is 14. The first kappa shape index (κ1) is 29.9. The SMILES string of the molecule is Cc1cc2c3c(c1)N1c4c(cccc4-n4c5ccccc5c5cccc1c54)B3c1oc3ccc(-c4ccccc4)cc3c1N2c1cccc2c1oc1ccccc12. The summed E-state index contributed by atoms with van der Waals surface area (Å²) >= 11 is 0. The van der Waals surface area contributed by atoms with Crippen LogP contribution in [-0.4, -0.2) is 11.3 Å². The highest BCUT2D eigenvalue weighted by Crippen LogP contribution is 2.54. The van der Waals surface area contributed by atoms with E-state index in [9.17, 15) is 0 Å². The number of benzene rings is 8. The molecule has 3 aliphatic rings. The first-order valence-corrected chi connectivity index (χ1v) is 19.6. The molecule has 6 heterocycles. The number of furan rings is 2. The standard InChI is InChI=1S/C51H30BN3O2/c1-29-26-42-46-43(27-29)55(41-22-10-17-35-33-15-6-8-23-44(33)56-50(35)41)48-36-28-31(30-12-3-2-4-13-30)24-25-45(36)57-51(48)52(46)37-18-11-21-40-49(37)54(42)39-20-9-16-34-32-14-5-7-19-38(32)53(40)47(34)39/h2-28H,1H3. The van der Waals surface area contributed by atoms with Gasteiger partial charge in [0.2, 0.25) is 0 Å². The van der Waals surface area contributed by atoms with Crippen LogP contribution in [0.3, 0.4) is 0 Å². The lowest BCUT2D eigenvalue weighted by Crippen LogP contribution is -2.61. The molecular weight excluding hydrogens is 697 g/mol. The first-order valence-electron chi connectivity index (χ1n) is 19.6. The molecule has 3 aromatic heterocycles. The molecule has 0 fully saturated rings. The number of para-hydroxylation sites is 5. The van der Waals surface area contributed by atoms with E-state index in [1.54, 1.807) is 0 Å². The second-order valence-corrected chi connectivity index (χ2v) is 15.7. The highest BCUT2D eigenvalue weighted by Gasteiger charge is 2.49. The van der Waals surface area contributed by atoms with Crippen LogP contribution in [0.15, 0.2) is 173 Å². The Morgan fingerprint density at radius 3 is 2.02 bits per heavy atom. The summed E-state index contributed by atoms with van der Waals surface area (Å²) in [6.45, 7) is 2.07. The van der Waals surface area contributed by atoms with E-state index in [2.05, 4.69) is 179 Å². The van der Waals surface area contributed by atoms with Gasteiger partial charge in [-0.15, -0.1) is 0 Å². The fourth-order valence-electron chi connectivity index (χ4n) is 10.5. The van der Waals surface area contributed by atoms with Crippen molar-refractivity contribution in [2.75, 3.05) is 9.80 Å². The maximum atomic E-state index is 7.25. The Kier molecular flexibility index (Phi) is 5.47. The monoisotopic (exact) mass is 727 g/mol. The molecule has 264 valence electrons. The predicted octanol–water partition coefficient (Wildman–Crippen LogP) is 11.8. The minimum Gasteiger partial charge on any atom is -0.468 e. The molecule has 0 N–H and O–H groups in total. The molecule has 6 heteroatoms. The summed E-state index contributed by atoms with van der Waals surface area (Å²) in [6, 6.07) is 59.4. The normalized spacial score (nSPS) is 13.6. The third-order valence-electron chi connectivity index (χ3n) is 12.7. The van der Waals surface area contributed by atoms with Crippen molar-refractivity contribution < 1.29 is 8.83 Å². The first-order chi connectivity index (χ1) is 28.2. The van der Waals surface area contributed by atoms with Gasteiger partial charge in [-0.1, -0.05) is 109 Å². The van der Waals surface area contributed by atoms with E-state index >= 15 is 0 Å². The lowest BCUT2D eigenvalue weighted by Gasteiger charge is -2.44. The van der Waals surface area contributed by atoms with Crippen molar-refractivity contribution in [2.45, 2.75) is 6.92 Å². The van der Waals surface area contributed by atoms with Gasteiger partial charge in [0.15, 0.2) is 5.58 Å². The van der Waals surface area contributed by atoms with Crippen molar-refractivity contribution in [1.29, 1.82) is 0 Å². The predicted molar refractivity (Wildman–Crippen MR) is 236 cm³/mol. The van der Waals surface area contributed by atoms with Gasteiger partial charge in [0.05, 0.1) is 45.1 Å². The van der Waals surface area contributed by atoms with Gasteiger partial charge in [0, 0.05) is 38.3 Å². The van der Waals surface area contributed by atoms with E-state index < -0.39 is 0 Å². The molecule has 0 bridgehead atoms. The van der Waals surface area contributed by atoms with Gasteiger partial charge in [-0.3, -0.25) is 0 Å². The molecule has 0 atom stereocenters. The third-order valence-corrected chi connectivity index (χ3v) is 12.7. The Labute approximate surface area is 327 Å². The van der Waals surface area contributed by atoms with Crippen LogP contribution < -0.4 is 26.4 Å². The van der Waals surface area contributed by atoms with Gasteiger partial charge >= 0.3 is 0 Å². The summed E-state index contributed by atoms with van der Waals surface area (Å²) in [4.78, 5) is 4.98. The molecule has 0 spiro atoms. The molecular formula is C51H30BN3O2. The van der Waals surface area contributed by atoms with Crippen LogP contribution in [0.25, 0.3) is 71.5 Å². The topological polar surface area (TPSA) is 37.7 Å². The summed E-state index contributed by atoms with van der Waals surface area (Å²) < 4.78 is 16.6. The maximum absolute atomic E-state index is 7.25. The number of aryl methyl sites for hydroxylation is 1. The largest absolute Gasteiger partial charge is 0.468 e. The van der Waals surface area contributed by atoms with Crippen LogP contribution in [-0.2, 0) is 0 Å². The second kappa shape index (κ2) is 10.4. The van der Waals surface area contributed by atoms with Crippen molar-refractivity contribution in [3.63, 3.8) is 0 Å². The lowest BCUT2D eigenvalue weighted by atomic mass is 9.35. The summed E-state index contributed by atoms with van der Waals surface area (Å²) in [5.41, 5.74) is 19.9. The molecule has 0 radical (unpaired) electrons. The number of rotatable bonds is 2. The summed E-state index contributed by atoms with van der Waals surface area (Å²) in [5.74, 6) is 0. The van der Waals surface area contributed by atoms with Crippen LogP contribution in [0, 0.1) is 6.92 Å². The Balaban J connectivity index is 1.14. The molecule has 14 rings (SSSR count). The highest BCUT2D eigenvalue weighted by atomic mass is 16.3. The fourth-order valence-corrected chi connectivity index (χ4v) is 10.5. The van der Waals surface area contributed by atoms with Crippen LogP contribution in [0.1, 0.15) is 5.56 Å². The average Bonchev–Trinajstić information content (AvgIpc) is 3.94. The van der Waals surface area contributed by atoms with E-state index in [4.69, 9.17) is 8.83 Å². The summed E-state index contributed by atoms with van der Waals surface area (Å²) in [6.07, 6.45) is 0. The molecule has 11 aromatic rings. The molecule has 0 saturated heterocycles. The second-order valence-electron chi connectivity index (χ2n) is 15.7. The number of nitrogens with zero attached hydrogens (tertiary/aromatic N) is 3. The smallest absolute Gasteiger partial charge is 0.297 e. The van der Waals surface area contributed by atoms with E-state index in [1.165, 1.54) is 66.6 Å². The van der Waals surface area contributed by atoms with E-state index in [0.29, 0.717) is 0 Å². The van der Waals surface area contributed by atoms with Crippen molar-refractivity contribution in [1.82, 2.24) is 4.57 Å². The van der Waals surface area contributed by atoms with E-state index in [-0.39, 0.29) is 6.71 Å². The minimum atomic E-state index is -0.155. The zero-order valence-corrected chi connectivity index (χ0v) is 30.8. The van der Waals surface area contributed by atoms with Crippen LogP contribution >= 0.6 is 0 Å². The molecule has 0 aliphatic carbocycles. The van der Waals surface area contributed by atoms with Crippen molar-refractivity contribution in [3.05, 3.63) is 169 Å². The van der Waals surface area contributed by atoms with Crippen molar-refractivity contribution in [2.24, 2.45) is 0 Å². The van der Waals surface area contributed by atoms with Crippen LogP contribution in [0.4, 0.5) is 34.1 Å². The zero-order valence-electron chi connectivity index (χ0n) is 30.8. The van der Waals surface area contributed by atoms with Gasteiger partial charge < -0.3 is 23.2 Å². The quantitative estimate of drug-likeness (QED) is 0.166. The van der Waals surface area contributed by atoms with Gasteiger partial charge in [0.25, 0.3) is 6.71 Å². The lowest BCUT2D eigenvalue weighted by molar-refractivity contribution is 0.651. The summed E-state index contributed by atoms with van der Waals surface area (Å²) in [7, 11) is 0. The number of hydrogen-bond acceptors (Lipinski definition) is 4.